The number of carbonyl (C=O) groups is 1. The van der Waals surface area contributed by atoms with Crippen LogP contribution in [0.5, 0.6) is 0 Å². The van der Waals surface area contributed by atoms with Gasteiger partial charge in [0.1, 0.15) is 5.04 Å². The Balaban J connectivity index is 1.44. The van der Waals surface area contributed by atoms with E-state index < -0.39 is 5.91 Å². The molecule has 2 aliphatic rings. The smallest absolute Gasteiger partial charge is 0.283 e. The van der Waals surface area contributed by atoms with E-state index in [9.17, 15) is 4.79 Å². The summed E-state index contributed by atoms with van der Waals surface area (Å²) in [6, 6.07) is 21.1. The number of fused-ring (bicyclic) bond motifs is 1. The molecule has 0 spiro atoms. The molecule has 2 aromatic carbocycles. The van der Waals surface area contributed by atoms with Crippen molar-refractivity contribution in [3.63, 3.8) is 0 Å². The molecule has 0 aliphatic carbocycles. The number of aliphatic imine (C=N–C) groups is 1. The first-order valence-electron chi connectivity index (χ1n) is 9.55. The number of hydrogen-bond acceptors (Lipinski definition) is 4. The third-order valence-electron chi connectivity index (χ3n) is 4.87. The van der Waals surface area contributed by atoms with Crippen LogP contribution in [0.4, 0.5) is 0 Å². The topological polar surface area (TPSA) is 73.8 Å². The van der Waals surface area contributed by atoms with Crippen LogP contribution in [0, 0.1) is 5.41 Å². The van der Waals surface area contributed by atoms with Gasteiger partial charge in [0, 0.05) is 29.0 Å². The Morgan fingerprint density at radius 3 is 2.58 bits per heavy atom. The maximum atomic E-state index is 12.7. The summed E-state index contributed by atoms with van der Waals surface area (Å²) in [7, 11) is 0. The fraction of sp³-hybridized carbons (Fsp3) is 0.0435. The molecule has 6 nitrogen and oxygen atoms in total. The molecule has 0 bridgehead atoms. The van der Waals surface area contributed by atoms with Gasteiger partial charge in [-0.25, -0.2) is 0 Å². The van der Waals surface area contributed by atoms with Crippen LogP contribution in [-0.2, 0) is 11.2 Å². The predicted molar refractivity (Wildman–Crippen MR) is 126 cm³/mol. The van der Waals surface area contributed by atoms with Gasteiger partial charge < -0.3 is 4.57 Å². The fourth-order valence-corrected chi connectivity index (χ4v) is 4.42. The van der Waals surface area contributed by atoms with Crippen LogP contribution in [0.25, 0.3) is 11.8 Å². The average molecular weight is 446 g/mol. The highest BCUT2D eigenvalue weighted by molar-refractivity contribution is 8.26. The van der Waals surface area contributed by atoms with Crippen LogP contribution in [0.3, 0.4) is 0 Å². The molecule has 3 heterocycles. The summed E-state index contributed by atoms with van der Waals surface area (Å²) in [5, 5.41) is 16.4. The molecule has 1 amide bonds. The summed E-state index contributed by atoms with van der Waals surface area (Å²) in [4.78, 5) is 16.9. The maximum Gasteiger partial charge on any atom is 0.283 e. The number of nitrogens with one attached hydrogen (secondary N) is 1. The van der Waals surface area contributed by atoms with Crippen molar-refractivity contribution >= 4 is 51.4 Å². The number of amides is 1. The van der Waals surface area contributed by atoms with Gasteiger partial charge in [0.15, 0.2) is 5.84 Å². The molecule has 152 valence electrons. The van der Waals surface area contributed by atoms with Gasteiger partial charge in [-0.2, -0.15) is 15.1 Å². The van der Waals surface area contributed by atoms with Gasteiger partial charge >= 0.3 is 0 Å². The van der Waals surface area contributed by atoms with Gasteiger partial charge in [0.25, 0.3) is 5.91 Å². The third-order valence-corrected chi connectivity index (χ3v) is 6.03. The second kappa shape index (κ2) is 8.02. The van der Waals surface area contributed by atoms with Crippen LogP contribution >= 0.6 is 23.4 Å². The van der Waals surface area contributed by atoms with Gasteiger partial charge in [0.2, 0.25) is 5.17 Å². The van der Waals surface area contributed by atoms with Crippen molar-refractivity contribution in [3.05, 3.63) is 94.8 Å². The Morgan fingerprint density at radius 2 is 1.81 bits per heavy atom. The molecule has 0 fully saturated rings. The lowest BCUT2D eigenvalue weighted by Gasteiger charge is -2.20. The number of hydrazone groups is 1. The summed E-state index contributed by atoms with van der Waals surface area (Å²) in [6.45, 7) is 0. The molecule has 8 heteroatoms. The van der Waals surface area contributed by atoms with E-state index in [-0.39, 0.29) is 11.4 Å². The lowest BCUT2D eigenvalue weighted by Crippen LogP contribution is -2.35. The Kier molecular flexibility index (Phi) is 5.05. The molecule has 0 saturated heterocycles. The quantitative estimate of drug-likeness (QED) is 0.575. The van der Waals surface area contributed by atoms with E-state index >= 15 is 0 Å². The summed E-state index contributed by atoms with van der Waals surface area (Å²) < 4.78 is 1.92. The molecule has 3 aromatic rings. The highest BCUT2D eigenvalue weighted by Gasteiger charge is 2.35. The van der Waals surface area contributed by atoms with Gasteiger partial charge in [-0.05, 0) is 59.8 Å². The predicted octanol–water partition coefficient (Wildman–Crippen LogP) is 4.99. The number of benzene rings is 2. The number of carbonyl (C=O) groups excluding carboxylic acids is 1. The highest BCUT2D eigenvalue weighted by Crippen LogP contribution is 2.30. The van der Waals surface area contributed by atoms with Crippen molar-refractivity contribution in [2.75, 3.05) is 0 Å². The van der Waals surface area contributed by atoms with E-state index in [4.69, 9.17) is 17.0 Å². The molecule has 31 heavy (non-hydrogen) atoms. The minimum absolute atomic E-state index is 0.0226. The minimum Gasteiger partial charge on any atom is -0.317 e. The Bertz CT molecular complexity index is 1270. The largest absolute Gasteiger partial charge is 0.317 e. The molecular weight excluding hydrogens is 430 g/mol. The minimum atomic E-state index is -0.441. The number of thioether (sulfide) groups is 1. The van der Waals surface area contributed by atoms with E-state index in [0.29, 0.717) is 16.6 Å². The first kappa shape index (κ1) is 19.5. The monoisotopic (exact) mass is 445 g/mol. The van der Waals surface area contributed by atoms with Crippen molar-refractivity contribution < 1.29 is 4.79 Å². The number of hydrogen-bond donors (Lipinski definition) is 1. The number of nitrogens with zero attached hydrogens (tertiary/aromatic N) is 4. The number of halogens is 1. The zero-order chi connectivity index (χ0) is 21.4. The number of aromatic nitrogens is 1. The fourth-order valence-electron chi connectivity index (χ4n) is 3.37. The van der Waals surface area contributed by atoms with Gasteiger partial charge in [0.05, 0.1) is 5.57 Å². The number of amidine groups is 2. The molecule has 2 aliphatic heterocycles. The van der Waals surface area contributed by atoms with E-state index in [1.165, 1.54) is 16.8 Å². The van der Waals surface area contributed by atoms with E-state index in [2.05, 4.69) is 10.1 Å². The second-order valence-corrected chi connectivity index (χ2v) is 8.43. The van der Waals surface area contributed by atoms with E-state index in [0.717, 1.165) is 22.0 Å². The Morgan fingerprint density at radius 1 is 1.03 bits per heavy atom. The summed E-state index contributed by atoms with van der Waals surface area (Å²) in [5.74, 6) is -0.418. The van der Waals surface area contributed by atoms with Crippen LogP contribution in [0.15, 0.2) is 88.6 Å². The second-order valence-electron chi connectivity index (χ2n) is 6.96. The van der Waals surface area contributed by atoms with Crippen molar-refractivity contribution in [2.24, 2.45) is 10.1 Å². The molecule has 5 rings (SSSR count). The highest BCUT2D eigenvalue weighted by atomic mass is 35.5. The van der Waals surface area contributed by atoms with Crippen molar-refractivity contribution in [2.45, 2.75) is 6.42 Å². The lowest BCUT2D eigenvalue weighted by molar-refractivity contribution is -0.114. The first-order valence-corrected chi connectivity index (χ1v) is 10.7. The molecule has 1 aromatic heterocycles. The molecule has 0 atom stereocenters. The molecule has 0 saturated carbocycles. The van der Waals surface area contributed by atoms with Crippen LogP contribution in [0.2, 0.25) is 5.02 Å². The molecule has 0 unspecified atom stereocenters. The third kappa shape index (κ3) is 3.85. The first-order chi connectivity index (χ1) is 15.1. The van der Waals surface area contributed by atoms with Crippen LogP contribution < -0.4 is 0 Å². The van der Waals surface area contributed by atoms with E-state index in [1.807, 2.05) is 77.5 Å². The molecular formula is C23H16ClN5OS. The van der Waals surface area contributed by atoms with Crippen LogP contribution in [0.1, 0.15) is 11.3 Å². The van der Waals surface area contributed by atoms with Crippen molar-refractivity contribution in [1.82, 2.24) is 9.58 Å². The maximum absolute atomic E-state index is 12.7. The Hall–Kier alpha value is -3.42. The zero-order valence-corrected chi connectivity index (χ0v) is 17.8. The molecule has 1 N–H and O–H groups in total. The van der Waals surface area contributed by atoms with Gasteiger partial charge in [-0.3, -0.25) is 10.2 Å². The summed E-state index contributed by atoms with van der Waals surface area (Å²) in [6.07, 6.45) is 4.19. The normalized spacial score (nSPS) is 17.1. The van der Waals surface area contributed by atoms with Crippen molar-refractivity contribution in [1.29, 1.82) is 5.41 Å². The SMILES string of the molecule is N=C1/C(=C\c2cccn2-c2ccc(Cl)cc2)C(=O)N=C2SC(Cc3ccccc3)=NN12. The number of rotatable bonds is 4. The van der Waals surface area contributed by atoms with E-state index in [1.54, 1.807) is 6.08 Å². The van der Waals surface area contributed by atoms with Gasteiger partial charge in [-0.15, -0.1) is 0 Å². The summed E-state index contributed by atoms with van der Waals surface area (Å²) in [5.41, 5.74) is 2.97. The van der Waals surface area contributed by atoms with Crippen molar-refractivity contribution in [3.8, 4) is 5.69 Å². The Labute approximate surface area is 188 Å². The standard InChI is InChI=1S/C23H16ClN5OS/c24-16-8-10-17(11-9-16)28-12-4-7-18(28)14-19-21(25)29-23(26-22(19)30)31-20(27-29)13-15-5-2-1-3-6-15/h1-12,14,25H,13H2/b19-14+,25-21?. The average Bonchev–Trinajstić information content (AvgIpc) is 3.39. The van der Waals surface area contributed by atoms with Crippen LogP contribution in [-0.4, -0.2) is 31.5 Å². The lowest BCUT2D eigenvalue weighted by atomic mass is 10.1. The summed E-state index contributed by atoms with van der Waals surface area (Å²) >= 11 is 7.32. The molecule has 0 radical (unpaired) electrons. The zero-order valence-electron chi connectivity index (χ0n) is 16.2. The van der Waals surface area contributed by atoms with Gasteiger partial charge in [-0.1, -0.05) is 41.9 Å².